The molecule has 52 heavy (non-hydrogen) atoms. The number of pyridine rings is 1. The second-order valence-corrected chi connectivity index (χ2v) is 13.2. The highest BCUT2D eigenvalue weighted by Crippen LogP contribution is 2.39. The normalized spacial score (nSPS) is 11.5. The van der Waals surface area contributed by atoms with Crippen molar-refractivity contribution in [2.45, 2.75) is 0 Å². The molecule has 0 spiro atoms. The zero-order valence-corrected chi connectivity index (χ0v) is 28.2. The number of fused-ring (bicyclic) bond motifs is 11. The van der Waals surface area contributed by atoms with E-state index in [-0.39, 0.29) is 0 Å². The van der Waals surface area contributed by atoms with Crippen LogP contribution in [0.15, 0.2) is 188 Å². The van der Waals surface area contributed by atoms with Crippen molar-refractivity contribution in [2.24, 2.45) is 0 Å². The molecule has 3 nitrogen and oxygen atoms in total. The number of benzene rings is 7. The highest BCUT2D eigenvalue weighted by atomic mass is 14.9. The fourth-order valence-electron chi connectivity index (χ4n) is 7.68. The van der Waals surface area contributed by atoms with Crippen LogP contribution in [-0.4, -0.2) is 15.0 Å². The summed E-state index contributed by atoms with van der Waals surface area (Å²) in [6, 6.07) is 63.0. The molecule has 0 bridgehead atoms. The largest absolute Gasteiger partial charge is 0.264 e. The molecule has 8 aromatic carbocycles. The van der Waals surface area contributed by atoms with Gasteiger partial charge in [-0.25, -0.2) is 9.97 Å². The molecule has 0 fully saturated rings. The molecular formula is C49H31N3. The first-order chi connectivity index (χ1) is 25.8. The van der Waals surface area contributed by atoms with Crippen LogP contribution in [0.5, 0.6) is 0 Å². The lowest BCUT2D eigenvalue weighted by molar-refractivity contribution is 1.18. The second kappa shape index (κ2) is 12.4. The Bertz CT molecular complexity index is 3000. The maximum absolute atomic E-state index is 5.21. The fourth-order valence-corrected chi connectivity index (χ4v) is 7.68. The third kappa shape index (κ3) is 5.10. The van der Waals surface area contributed by atoms with Crippen LogP contribution in [0.3, 0.4) is 0 Å². The van der Waals surface area contributed by atoms with Gasteiger partial charge in [-0.1, -0.05) is 140 Å². The zero-order valence-electron chi connectivity index (χ0n) is 28.2. The van der Waals surface area contributed by atoms with Gasteiger partial charge in [0.1, 0.15) is 0 Å². The van der Waals surface area contributed by atoms with Crippen molar-refractivity contribution in [3.05, 3.63) is 188 Å². The molecule has 0 saturated heterocycles. The molecular weight excluding hydrogens is 631 g/mol. The van der Waals surface area contributed by atoms with Gasteiger partial charge in [0.2, 0.25) is 0 Å². The summed E-state index contributed by atoms with van der Waals surface area (Å²) in [6.07, 6.45) is 3.65. The van der Waals surface area contributed by atoms with E-state index < -0.39 is 0 Å². The third-order valence-corrected chi connectivity index (χ3v) is 10.1. The molecule has 0 N–H and O–H groups in total. The molecule has 0 aliphatic carbocycles. The van der Waals surface area contributed by atoms with Gasteiger partial charge in [0, 0.05) is 29.1 Å². The van der Waals surface area contributed by atoms with Crippen molar-refractivity contribution in [2.75, 3.05) is 0 Å². The summed E-state index contributed by atoms with van der Waals surface area (Å²) >= 11 is 0. The first kappa shape index (κ1) is 29.9. The molecule has 0 aliphatic heterocycles. The predicted molar refractivity (Wildman–Crippen MR) is 219 cm³/mol. The molecule has 0 atom stereocenters. The van der Waals surface area contributed by atoms with E-state index in [1.807, 2.05) is 30.5 Å². The molecule has 0 radical (unpaired) electrons. The van der Waals surface area contributed by atoms with Gasteiger partial charge in [-0.3, -0.25) is 4.98 Å². The first-order valence-electron chi connectivity index (χ1n) is 17.6. The highest BCUT2D eigenvalue weighted by Gasteiger charge is 2.14. The van der Waals surface area contributed by atoms with Crippen molar-refractivity contribution in [3.63, 3.8) is 0 Å². The van der Waals surface area contributed by atoms with Gasteiger partial charge in [-0.15, -0.1) is 0 Å². The van der Waals surface area contributed by atoms with Crippen LogP contribution in [-0.2, 0) is 0 Å². The maximum Gasteiger partial charge on any atom is 0.160 e. The minimum Gasteiger partial charge on any atom is -0.264 e. The Hall–Kier alpha value is -6.97. The molecule has 10 aromatic rings. The SMILES string of the molecule is c1ccc(-c2nc(-c3cccnc3)cc(-c3ccc4c5ccccc5c5ccccc5c5ccccc5c5cc6ccccc6cc5c4c3)n2)cc1. The summed E-state index contributed by atoms with van der Waals surface area (Å²) in [7, 11) is 0. The molecule has 242 valence electrons. The average molecular weight is 662 g/mol. The smallest absolute Gasteiger partial charge is 0.160 e. The Morgan fingerprint density at radius 2 is 0.731 bits per heavy atom. The standard InChI is InChI=1S/C49H31N3/c1-2-13-32(14-3-1)49-51-47(30-48(52-49)36-17-12-26-50-31-36)35-24-25-43-41-22-9-8-20-39(41)37-18-6-7-19-38(37)40-21-10-11-23-42(40)44-27-33-15-4-5-16-34(33)28-46(44)45(43)29-35/h1-31H. The van der Waals surface area contributed by atoms with Crippen LogP contribution >= 0.6 is 0 Å². The van der Waals surface area contributed by atoms with E-state index in [1.165, 1.54) is 59.2 Å². The van der Waals surface area contributed by atoms with Gasteiger partial charge in [0.15, 0.2) is 5.82 Å². The van der Waals surface area contributed by atoms with E-state index in [0.29, 0.717) is 5.82 Å². The highest BCUT2D eigenvalue weighted by molar-refractivity contribution is 6.27. The Kier molecular flexibility index (Phi) is 7.14. The number of aromatic nitrogens is 3. The summed E-state index contributed by atoms with van der Waals surface area (Å²) in [4.78, 5) is 14.6. The lowest BCUT2D eigenvalue weighted by Gasteiger charge is -2.13. The predicted octanol–water partition coefficient (Wildman–Crippen LogP) is 12.9. The number of rotatable bonds is 3. The monoisotopic (exact) mass is 661 g/mol. The van der Waals surface area contributed by atoms with Crippen LogP contribution in [0.1, 0.15) is 0 Å². The average Bonchev–Trinajstić information content (AvgIpc) is 3.23. The summed E-state index contributed by atoms with van der Waals surface area (Å²) in [5.41, 5.74) is 4.62. The second-order valence-electron chi connectivity index (χ2n) is 13.2. The van der Waals surface area contributed by atoms with Crippen LogP contribution in [0, 0.1) is 0 Å². The van der Waals surface area contributed by atoms with E-state index in [2.05, 4.69) is 157 Å². The van der Waals surface area contributed by atoms with E-state index >= 15 is 0 Å². The van der Waals surface area contributed by atoms with Gasteiger partial charge in [-0.2, -0.15) is 0 Å². The van der Waals surface area contributed by atoms with E-state index in [4.69, 9.17) is 9.97 Å². The Labute approximate surface area is 300 Å². The number of hydrogen-bond donors (Lipinski definition) is 0. The van der Waals surface area contributed by atoms with Gasteiger partial charge in [0.25, 0.3) is 0 Å². The van der Waals surface area contributed by atoms with Gasteiger partial charge in [-0.05, 0) is 101 Å². The Morgan fingerprint density at radius 1 is 0.288 bits per heavy atom. The van der Waals surface area contributed by atoms with Crippen molar-refractivity contribution >= 4 is 64.6 Å². The summed E-state index contributed by atoms with van der Waals surface area (Å²) in [5, 5.41) is 14.4. The number of hydrogen-bond acceptors (Lipinski definition) is 3. The topological polar surface area (TPSA) is 38.7 Å². The minimum absolute atomic E-state index is 0.680. The van der Waals surface area contributed by atoms with Crippen molar-refractivity contribution in [1.29, 1.82) is 0 Å². The molecule has 2 heterocycles. The van der Waals surface area contributed by atoms with E-state index in [1.54, 1.807) is 6.20 Å². The fraction of sp³-hybridized carbons (Fsp3) is 0. The van der Waals surface area contributed by atoms with Gasteiger partial charge < -0.3 is 0 Å². The van der Waals surface area contributed by atoms with E-state index in [0.717, 1.165) is 33.5 Å². The quantitative estimate of drug-likeness (QED) is 0.189. The minimum atomic E-state index is 0.680. The van der Waals surface area contributed by atoms with Crippen molar-refractivity contribution in [3.8, 4) is 33.9 Å². The summed E-state index contributed by atoms with van der Waals surface area (Å²) in [5.74, 6) is 0.680. The lowest BCUT2D eigenvalue weighted by Crippen LogP contribution is -1.96. The molecule has 10 rings (SSSR count). The van der Waals surface area contributed by atoms with Crippen molar-refractivity contribution in [1.82, 2.24) is 15.0 Å². The summed E-state index contributed by atoms with van der Waals surface area (Å²) < 4.78 is 0. The lowest BCUT2D eigenvalue weighted by atomic mass is 9.92. The van der Waals surface area contributed by atoms with E-state index in [9.17, 15) is 0 Å². The zero-order chi connectivity index (χ0) is 34.4. The van der Waals surface area contributed by atoms with Gasteiger partial charge >= 0.3 is 0 Å². The maximum atomic E-state index is 5.21. The molecule has 2 aromatic heterocycles. The Balaban J connectivity index is 1.41. The number of nitrogens with zero attached hydrogens (tertiary/aromatic N) is 3. The molecule has 3 heteroatoms. The van der Waals surface area contributed by atoms with Crippen LogP contribution in [0.4, 0.5) is 0 Å². The molecule has 0 amide bonds. The van der Waals surface area contributed by atoms with Gasteiger partial charge in [0.05, 0.1) is 11.4 Å². The van der Waals surface area contributed by atoms with Crippen LogP contribution in [0.2, 0.25) is 0 Å². The van der Waals surface area contributed by atoms with Crippen molar-refractivity contribution < 1.29 is 0 Å². The molecule has 0 saturated carbocycles. The Morgan fingerprint density at radius 3 is 1.29 bits per heavy atom. The molecule has 0 aliphatic rings. The van der Waals surface area contributed by atoms with Crippen LogP contribution in [0.25, 0.3) is 98.5 Å². The molecule has 0 unspecified atom stereocenters. The van der Waals surface area contributed by atoms with Crippen LogP contribution < -0.4 is 0 Å². The first-order valence-corrected chi connectivity index (χ1v) is 17.6. The summed E-state index contributed by atoms with van der Waals surface area (Å²) in [6.45, 7) is 0. The third-order valence-electron chi connectivity index (χ3n) is 10.1.